The van der Waals surface area contributed by atoms with E-state index >= 15 is 0 Å². The number of benzene rings is 2. The Morgan fingerprint density at radius 3 is 2.56 bits per heavy atom. The van der Waals surface area contributed by atoms with Gasteiger partial charge in [0.25, 0.3) is 17.5 Å². The van der Waals surface area contributed by atoms with Gasteiger partial charge in [0, 0.05) is 33.7 Å². The van der Waals surface area contributed by atoms with Gasteiger partial charge in [-0.2, -0.15) is 0 Å². The predicted molar refractivity (Wildman–Crippen MR) is 116 cm³/mol. The number of halogens is 1. The Kier molecular flexibility index (Phi) is 7.47. The van der Waals surface area contributed by atoms with Gasteiger partial charge in [0.1, 0.15) is 5.01 Å². The Balaban J connectivity index is 1.42. The van der Waals surface area contributed by atoms with E-state index in [0.717, 1.165) is 17.7 Å². The molecule has 12 heteroatoms. The van der Waals surface area contributed by atoms with E-state index in [-0.39, 0.29) is 17.7 Å². The van der Waals surface area contributed by atoms with Crippen LogP contribution >= 0.6 is 22.9 Å². The van der Waals surface area contributed by atoms with Crippen LogP contribution in [0, 0.1) is 10.1 Å². The van der Waals surface area contributed by atoms with Crippen LogP contribution in [0.25, 0.3) is 10.6 Å². The Morgan fingerprint density at radius 2 is 1.88 bits per heavy atom. The third kappa shape index (κ3) is 6.33. The third-order valence-corrected chi connectivity index (χ3v) is 5.14. The average Bonchev–Trinajstić information content (AvgIpc) is 3.24. The fraction of sp³-hybridized carbons (Fsp3) is 0.100. The van der Waals surface area contributed by atoms with E-state index < -0.39 is 29.3 Å². The second-order valence-corrected chi connectivity index (χ2v) is 7.59. The van der Waals surface area contributed by atoms with Crippen molar-refractivity contribution in [3.8, 4) is 10.6 Å². The second kappa shape index (κ2) is 10.5. The molecule has 0 spiro atoms. The summed E-state index contributed by atoms with van der Waals surface area (Å²) in [6, 6.07) is 12.0. The first-order valence-corrected chi connectivity index (χ1v) is 10.3. The number of amides is 2. The van der Waals surface area contributed by atoms with Crippen molar-refractivity contribution in [3.05, 3.63) is 80.3 Å². The summed E-state index contributed by atoms with van der Waals surface area (Å²) in [5, 5.41) is 13.6. The van der Waals surface area contributed by atoms with Crippen molar-refractivity contribution in [3.63, 3.8) is 0 Å². The van der Waals surface area contributed by atoms with Crippen LogP contribution in [0.5, 0.6) is 0 Å². The zero-order valence-corrected chi connectivity index (χ0v) is 17.8. The first kappa shape index (κ1) is 22.8. The molecule has 2 N–H and O–H groups in total. The summed E-state index contributed by atoms with van der Waals surface area (Å²) < 4.78 is 4.89. The lowest BCUT2D eigenvalue weighted by Gasteiger charge is -2.08. The molecule has 0 unspecified atom stereocenters. The minimum absolute atomic E-state index is 0.104. The van der Waals surface area contributed by atoms with Gasteiger partial charge in [0.15, 0.2) is 6.61 Å². The molecular weight excluding hydrogens is 460 g/mol. The number of esters is 1. The summed E-state index contributed by atoms with van der Waals surface area (Å²) in [5.74, 6) is -2.10. The molecule has 2 amide bonds. The molecule has 3 aromatic rings. The molecular formula is C20H15ClN4O6S. The summed E-state index contributed by atoms with van der Waals surface area (Å²) in [5.41, 5.74) is 5.47. The van der Waals surface area contributed by atoms with Crippen molar-refractivity contribution in [2.75, 3.05) is 6.61 Å². The molecule has 0 saturated heterocycles. The largest absolute Gasteiger partial charge is 0.455 e. The molecule has 0 aliphatic rings. The zero-order chi connectivity index (χ0) is 23.1. The SMILES string of the molecule is O=C(COC(=O)Cc1csc(-c2cccc(Cl)c2)n1)NNC(=O)c1ccc([N+](=O)[O-])cc1. The van der Waals surface area contributed by atoms with Crippen LogP contribution in [0.2, 0.25) is 5.02 Å². The molecule has 0 radical (unpaired) electrons. The van der Waals surface area contributed by atoms with Crippen LogP contribution < -0.4 is 10.9 Å². The molecule has 0 aliphatic carbocycles. The standard InChI is InChI=1S/C20H15ClN4O6S/c21-14-3-1-2-13(8-14)20-22-15(11-32-20)9-18(27)31-10-17(26)23-24-19(28)12-4-6-16(7-5-12)25(29)30/h1-8,11H,9-10H2,(H,23,26)(H,24,28). The van der Waals surface area contributed by atoms with Gasteiger partial charge in [-0.15, -0.1) is 11.3 Å². The van der Waals surface area contributed by atoms with Crippen molar-refractivity contribution in [2.24, 2.45) is 0 Å². The topological polar surface area (TPSA) is 141 Å². The molecule has 2 aromatic carbocycles. The van der Waals surface area contributed by atoms with E-state index in [0.29, 0.717) is 15.7 Å². The number of carbonyl (C=O) groups is 3. The molecule has 0 saturated carbocycles. The molecule has 0 aliphatic heterocycles. The average molecular weight is 475 g/mol. The highest BCUT2D eigenvalue weighted by molar-refractivity contribution is 7.13. The number of non-ortho nitro benzene ring substituents is 1. The first-order chi connectivity index (χ1) is 15.3. The predicted octanol–water partition coefficient (Wildman–Crippen LogP) is 2.92. The van der Waals surface area contributed by atoms with Gasteiger partial charge in [-0.25, -0.2) is 4.98 Å². The molecule has 32 heavy (non-hydrogen) atoms. The lowest BCUT2D eigenvalue weighted by Crippen LogP contribution is -2.43. The van der Waals surface area contributed by atoms with Crippen LogP contribution in [-0.2, 0) is 20.7 Å². The number of nitrogens with zero attached hydrogens (tertiary/aromatic N) is 2. The molecule has 164 valence electrons. The minimum atomic E-state index is -0.758. The summed E-state index contributed by atoms with van der Waals surface area (Å²) in [7, 11) is 0. The zero-order valence-electron chi connectivity index (χ0n) is 16.2. The highest BCUT2D eigenvalue weighted by Crippen LogP contribution is 2.26. The Hall–Kier alpha value is -3.83. The lowest BCUT2D eigenvalue weighted by molar-refractivity contribution is -0.384. The van der Waals surface area contributed by atoms with E-state index in [2.05, 4.69) is 15.8 Å². The van der Waals surface area contributed by atoms with Crippen molar-refractivity contribution in [2.45, 2.75) is 6.42 Å². The van der Waals surface area contributed by atoms with Gasteiger partial charge >= 0.3 is 5.97 Å². The van der Waals surface area contributed by atoms with Crippen molar-refractivity contribution in [1.82, 2.24) is 15.8 Å². The number of hydrazine groups is 1. The van der Waals surface area contributed by atoms with Gasteiger partial charge in [0.2, 0.25) is 0 Å². The number of hydrogen-bond acceptors (Lipinski definition) is 8. The number of nitrogens with one attached hydrogen (secondary N) is 2. The van der Waals surface area contributed by atoms with E-state index in [1.165, 1.54) is 23.5 Å². The third-order valence-electron chi connectivity index (χ3n) is 3.97. The number of aromatic nitrogens is 1. The summed E-state index contributed by atoms with van der Waals surface area (Å²) in [6.45, 7) is -0.606. The van der Waals surface area contributed by atoms with Gasteiger partial charge < -0.3 is 4.74 Å². The number of thiazole rings is 1. The van der Waals surface area contributed by atoms with E-state index in [1.54, 1.807) is 23.6 Å². The maximum absolute atomic E-state index is 12.0. The van der Waals surface area contributed by atoms with Crippen molar-refractivity contribution < 1.29 is 24.0 Å². The number of carbonyl (C=O) groups excluding carboxylic acids is 3. The highest BCUT2D eigenvalue weighted by atomic mass is 35.5. The number of hydrogen-bond donors (Lipinski definition) is 2. The van der Waals surface area contributed by atoms with Crippen LogP contribution in [-0.4, -0.2) is 34.3 Å². The quantitative estimate of drug-likeness (QED) is 0.304. The van der Waals surface area contributed by atoms with Crippen molar-refractivity contribution >= 4 is 46.4 Å². The van der Waals surface area contributed by atoms with Gasteiger partial charge in [-0.05, 0) is 24.3 Å². The smallest absolute Gasteiger partial charge is 0.312 e. The molecule has 0 atom stereocenters. The number of rotatable bonds is 7. The molecule has 1 aromatic heterocycles. The van der Waals surface area contributed by atoms with Crippen LogP contribution in [0.3, 0.4) is 0 Å². The fourth-order valence-electron chi connectivity index (χ4n) is 2.46. The Bertz CT molecular complexity index is 1160. The molecule has 0 fully saturated rings. The molecule has 3 rings (SSSR count). The van der Waals surface area contributed by atoms with Crippen LogP contribution in [0.4, 0.5) is 5.69 Å². The van der Waals surface area contributed by atoms with E-state index in [1.807, 2.05) is 6.07 Å². The molecule has 0 bridgehead atoms. The summed E-state index contributed by atoms with van der Waals surface area (Å²) in [4.78, 5) is 50.1. The van der Waals surface area contributed by atoms with E-state index in [9.17, 15) is 24.5 Å². The monoisotopic (exact) mass is 474 g/mol. The fourth-order valence-corrected chi connectivity index (χ4v) is 3.46. The summed E-state index contributed by atoms with van der Waals surface area (Å²) in [6.07, 6.45) is -0.125. The van der Waals surface area contributed by atoms with Crippen LogP contribution in [0.15, 0.2) is 53.9 Å². The van der Waals surface area contributed by atoms with E-state index in [4.69, 9.17) is 16.3 Å². The Labute approximate surface area is 190 Å². The normalized spacial score (nSPS) is 10.3. The lowest BCUT2D eigenvalue weighted by atomic mass is 10.2. The first-order valence-electron chi connectivity index (χ1n) is 9.01. The number of nitro groups is 1. The Morgan fingerprint density at radius 1 is 1.12 bits per heavy atom. The summed E-state index contributed by atoms with van der Waals surface area (Å²) >= 11 is 7.32. The molecule has 10 nitrogen and oxygen atoms in total. The maximum Gasteiger partial charge on any atom is 0.312 e. The van der Waals surface area contributed by atoms with Gasteiger partial charge in [-0.3, -0.25) is 35.3 Å². The second-order valence-electron chi connectivity index (χ2n) is 6.30. The maximum atomic E-state index is 12.0. The highest BCUT2D eigenvalue weighted by Gasteiger charge is 2.14. The minimum Gasteiger partial charge on any atom is -0.455 e. The molecule has 1 heterocycles. The van der Waals surface area contributed by atoms with Gasteiger partial charge in [0.05, 0.1) is 17.0 Å². The van der Waals surface area contributed by atoms with Crippen molar-refractivity contribution in [1.29, 1.82) is 0 Å². The van der Waals surface area contributed by atoms with Gasteiger partial charge in [-0.1, -0.05) is 23.7 Å². The number of ether oxygens (including phenoxy) is 1. The van der Waals surface area contributed by atoms with Crippen LogP contribution in [0.1, 0.15) is 16.1 Å². The number of nitro benzene ring substituents is 1.